The molecule has 2 N–H and O–H groups in total. The first-order chi connectivity index (χ1) is 15.0. The molecule has 8 heteroatoms. The number of ether oxygens (including phenoxy) is 3. The van der Waals surface area contributed by atoms with Gasteiger partial charge in [-0.3, -0.25) is 4.79 Å². The van der Waals surface area contributed by atoms with Gasteiger partial charge in [-0.2, -0.15) is 0 Å². The van der Waals surface area contributed by atoms with Crippen LogP contribution in [0, 0.1) is 0 Å². The average Bonchev–Trinajstić information content (AvgIpc) is 2.72. The van der Waals surface area contributed by atoms with Gasteiger partial charge in [0.25, 0.3) is 0 Å². The molecule has 0 heterocycles. The highest BCUT2D eigenvalue weighted by Gasteiger charge is 2.25. The van der Waals surface area contributed by atoms with Crippen LogP contribution in [-0.2, 0) is 20.9 Å². The highest BCUT2D eigenvalue weighted by atomic mass is 16.6. The number of amides is 2. The molecule has 2 aromatic carbocycles. The third-order valence-electron chi connectivity index (χ3n) is 4.14. The molecule has 8 nitrogen and oxygen atoms in total. The van der Waals surface area contributed by atoms with Crippen molar-refractivity contribution in [2.24, 2.45) is 0 Å². The number of para-hydroxylation sites is 2. The summed E-state index contributed by atoms with van der Waals surface area (Å²) in [6, 6.07) is 14.5. The molecule has 2 atom stereocenters. The molecule has 0 aromatic heterocycles. The van der Waals surface area contributed by atoms with Gasteiger partial charge in [0.2, 0.25) is 5.91 Å². The van der Waals surface area contributed by atoms with Crippen molar-refractivity contribution in [3.8, 4) is 11.5 Å². The minimum Gasteiger partial charge on any atom is -0.485 e. The molecule has 0 aliphatic carbocycles. The zero-order chi connectivity index (χ0) is 23.7. The smallest absolute Gasteiger partial charge is 0.408 e. The lowest BCUT2D eigenvalue weighted by Gasteiger charge is -2.22. The second kappa shape index (κ2) is 11.2. The summed E-state index contributed by atoms with van der Waals surface area (Å²) in [5.41, 5.74) is 0.286. The van der Waals surface area contributed by atoms with Crippen LogP contribution in [0.3, 0.4) is 0 Å². The molecule has 0 bridgehead atoms. The van der Waals surface area contributed by atoms with Crippen molar-refractivity contribution < 1.29 is 28.6 Å². The molecule has 0 saturated carbocycles. The fourth-order valence-corrected chi connectivity index (χ4v) is 2.53. The molecule has 0 saturated heterocycles. The van der Waals surface area contributed by atoms with Crippen molar-refractivity contribution in [2.75, 3.05) is 0 Å². The Morgan fingerprint density at radius 3 is 2.06 bits per heavy atom. The van der Waals surface area contributed by atoms with Crippen LogP contribution in [-0.4, -0.2) is 35.7 Å². The average molecular weight is 443 g/mol. The van der Waals surface area contributed by atoms with Gasteiger partial charge in [-0.15, -0.1) is 0 Å². The van der Waals surface area contributed by atoms with Crippen LogP contribution in [0.25, 0.3) is 0 Å². The van der Waals surface area contributed by atoms with Crippen LogP contribution in [0.1, 0.15) is 40.2 Å². The van der Waals surface area contributed by atoms with Crippen LogP contribution in [0.4, 0.5) is 4.79 Å². The van der Waals surface area contributed by atoms with Gasteiger partial charge >= 0.3 is 12.1 Å². The van der Waals surface area contributed by atoms with Crippen LogP contribution in [0.2, 0.25) is 0 Å². The van der Waals surface area contributed by atoms with E-state index in [1.165, 1.54) is 13.8 Å². The summed E-state index contributed by atoms with van der Waals surface area (Å²) in [4.78, 5) is 36.6. The first kappa shape index (κ1) is 24.7. The first-order valence-electron chi connectivity index (χ1n) is 10.3. The van der Waals surface area contributed by atoms with Crippen LogP contribution < -0.4 is 20.1 Å². The van der Waals surface area contributed by atoms with E-state index < -0.39 is 35.7 Å². The Bertz CT molecular complexity index is 924. The number of hydrogen-bond donors (Lipinski definition) is 2. The summed E-state index contributed by atoms with van der Waals surface area (Å²) in [6.07, 6.45) is -0.722. The largest absolute Gasteiger partial charge is 0.485 e. The van der Waals surface area contributed by atoms with Crippen molar-refractivity contribution >= 4 is 18.0 Å². The number of carbonyl (C=O) groups is 3. The van der Waals surface area contributed by atoms with Gasteiger partial charge in [0.15, 0.2) is 11.5 Å². The minimum atomic E-state index is -0.951. The number of nitrogens with one attached hydrogen (secondary N) is 2. The summed E-state index contributed by atoms with van der Waals surface area (Å²) in [5.74, 6) is -0.565. The molecule has 172 valence electrons. The van der Waals surface area contributed by atoms with Gasteiger partial charge in [0.05, 0.1) is 0 Å². The Hall–Kier alpha value is -3.55. The van der Waals surface area contributed by atoms with E-state index in [0.717, 1.165) is 5.56 Å². The number of benzene rings is 2. The summed E-state index contributed by atoms with van der Waals surface area (Å²) in [6.45, 7) is 8.46. The molecule has 0 radical (unpaired) electrons. The predicted molar refractivity (Wildman–Crippen MR) is 119 cm³/mol. The van der Waals surface area contributed by atoms with Crippen molar-refractivity contribution in [3.05, 3.63) is 60.2 Å². The van der Waals surface area contributed by atoms with E-state index in [9.17, 15) is 14.4 Å². The zero-order valence-electron chi connectivity index (χ0n) is 19.0. The van der Waals surface area contributed by atoms with Gasteiger partial charge < -0.3 is 24.8 Å². The van der Waals surface area contributed by atoms with Gasteiger partial charge in [-0.05, 0) is 52.3 Å². The maximum atomic E-state index is 12.5. The molecule has 0 spiro atoms. The van der Waals surface area contributed by atoms with Crippen molar-refractivity contribution in [1.29, 1.82) is 0 Å². The Morgan fingerprint density at radius 1 is 0.844 bits per heavy atom. The highest BCUT2D eigenvalue weighted by molar-refractivity contribution is 5.89. The Kier molecular flexibility index (Phi) is 8.63. The topological polar surface area (TPSA) is 103 Å². The number of alkyl carbamates (subject to hydrolysis) is 1. The molecular weight excluding hydrogens is 412 g/mol. The Labute approximate surface area is 188 Å². The second-order valence-electron chi connectivity index (χ2n) is 8.24. The third-order valence-corrected chi connectivity index (χ3v) is 4.14. The molecular formula is C24H30N2O6. The van der Waals surface area contributed by atoms with Gasteiger partial charge in [-0.25, -0.2) is 9.59 Å². The molecule has 32 heavy (non-hydrogen) atoms. The van der Waals surface area contributed by atoms with Crippen molar-refractivity contribution in [1.82, 2.24) is 10.6 Å². The standard InChI is InChI=1S/C24H30N2O6/c1-16(26-23(29)32-24(3,4)5)21(27)25-17(2)22(28)31-20-14-10-9-13-19(20)30-15-18-11-7-6-8-12-18/h6-14,16-17H,15H2,1-5H3,(H,25,27)(H,26,29)/t16-,17-/m0/s1. The number of rotatable bonds is 8. The SMILES string of the molecule is C[C@H](NC(=O)OC(C)(C)C)C(=O)N[C@@H](C)C(=O)Oc1ccccc1OCc1ccccc1. The van der Waals surface area contributed by atoms with Crippen molar-refractivity contribution in [3.63, 3.8) is 0 Å². The number of hydrogen-bond acceptors (Lipinski definition) is 6. The molecule has 2 rings (SSSR count). The molecule has 0 aliphatic rings. The first-order valence-corrected chi connectivity index (χ1v) is 10.3. The van der Waals surface area contributed by atoms with E-state index in [1.54, 1.807) is 45.0 Å². The summed E-state index contributed by atoms with van der Waals surface area (Å²) in [5, 5.41) is 4.95. The van der Waals surface area contributed by atoms with Gasteiger partial charge in [-0.1, -0.05) is 42.5 Å². The van der Waals surface area contributed by atoms with E-state index >= 15 is 0 Å². The highest BCUT2D eigenvalue weighted by Crippen LogP contribution is 2.27. The fraction of sp³-hybridized carbons (Fsp3) is 0.375. The van der Waals surface area contributed by atoms with Gasteiger partial charge in [0.1, 0.15) is 24.3 Å². The number of carbonyl (C=O) groups excluding carboxylic acids is 3. The third kappa shape index (κ3) is 8.29. The quantitative estimate of drug-likeness (QED) is 0.478. The Balaban J connectivity index is 1.90. The van der Waals surface area contributed by atoms with E-state index in [0.29, 0.717) is 12.4 Å². The molecule has 2 aromatic rings. The van der Waals surface area contributed by atoms with Crippen molar-refractivity contribution in [2.45, 2.75) is 58.9 Å². The van der Waals surface area contributed by atoms with Gasteiger partial charge in [0, 0.05) is 0 Å². The lowest BCUT2D eigenvalue weighted by molar-refractivity contribution is -0.139. The maximum Gasteiger partial charge on any atom is 0.408 e. The zero-order valence-corrected chi connectivity index (χ0v) is 19.0. The lowest BCUT2D eigenvalue weighted by Crippen LogP contribution is -2.50. The lowest BCUT2D eigenvalue weighted by atomic mass is 10.2. The van der Waals surface area contributed by atoms with E-state index in [2.05, 4.69) is 10.6 Å². The predicted octanol–water partition coefficient (Wildman–Crippen LogP) is 3.59. The number of esters is 1. The van der Waals surface area contributed by atoms with E-state index in [-0.39, 0.29) is 5.75 Å². The van der Waals surface area contributed by atoms with Crippen LogP contribution >= 0.6 is 0 Å². The summed E-state index contributed by atoms with van der Waals surface area (Å²) < 4.78 is 16.3. The monoisotopic (exact) mass is 442 g/mol. The molecule has 0 fully saturated rings. The van der Waals surface area contributed by atoms with E-state index in [4.69, 9.17) is 14.2 Å². The summed E-state index contributed by atoms with van der Waals surface area (Å²) >= 11 is 0. The fourth-order valence-electron chi connectivity index (χ4n) is 2.53. The normalized spacial score (nSPS) is 12.8. The second-order valence-corrected chi connectivity index (χ2v) is 8.24. The molecule has 2 amide bonds. The van der Waals surface area contributed by atoms with Crippen LogP contribution in [0.5, 0.6) is 11.5 Å². The summed E-state index contributed by atoms with van der Waals surface area (Å²) in [7, 11) is 0. The van der Waals surface area contributed by atoms with E-state index in [1.807, 2.05) is 30.3 Å². The minimum absolute atomic E-state index is 0.245. The molecule has 0 aliphatic heterocycles. The molecule has 0 unspecified atom stereocenters. The maximum absolute atomic E-state index is 12.5. The van der Waals surface area contributed by atoms with Crippen LogP contribution in [0.15, 0.2) is 54.6 Å². The Morgan fingerprint density at radius 2 is 1.44 bits per heavy atom.